The zero-order chi connectivity index (χ0) is 4.12. The minimum absolute atomic E-state index is 0.0401. The molecular weight excluding hydrogens is 76.1 g/mol. The highest BCUT2D eigenvalue weighted by Crippen LogP contribution is 1.64. The van der Waals surface area contributed by atoms with Crippen LogP contribution in [0.3, 0.4) is 0 Å². The van der Waals surface area contributed by atoms with Gasteiger partial charge in [-0.1, -0.05) is 13.0 Å². The van der Waals surface area contributed by atoms with E-state index in [9.17, 15) is 0 Å². The number of hydrogen-bond donors (Lipinski definition) is 0. The third-order valence-electron chi connectivity index (χ3n) is 0.394. The van der Waals surface area contributed by atoms with E-state index in [1.807, 2.05) is 0 Å². The second-order valence-corrected chi connectivity index (χ2v) is 2.86. The summed E-state index contributed by atoms with van der Waals surface area (Å²) in [6.45, 7) is 2.13. The van der Waals surface area contributed by atoms with Crippen molar-refractivity contribution < 1.29 is 0 Å². The van der Waals surface area contributed by atoms with E-state index in [-0.39, 0.29) is 9.52 Å². The molecule has 5 heavy (non-hydrogen) atoms. The summed E-state index contributed by atoms with van der Waals surface area (Å²) in [5.41, 5.74) is 2.66. The van der Waals surface area contributed by atoms with E-state index in [0.717, 1.165) is 0 Å². The van der Waals surface area contributed by atoms with Crippen LogP contribution in [0.5, 0.6) is 0 Å². The number of rotatable bonds is 1. The summed E-state index contributed by atoms with van der Waals surface area (Å²) in [5.74, 6) is 0. The highest BCUT2D eigenvalue weighted by atomic mass is 28.2. The topological polar surface area (TPSA) is 0 Å². The molecule has 0 aliphatic heterocycles. The van der Waals surface area contributed by atoms with Crippen LogP contribution in [0, 0.1) is 12.0 Å². The van der Waals surface area contributed by atoms with Gasteiger partial charge in [0.15, 0.2) is 0 Å². The summed E-state index contributed by atoms with van der Waals surface area (Å²) in [6, 6.07) is 1.25. The monoisotopic (exact) mass is 84.0 g/mol. The Balaban J connectivity index is 2.48. The third kappa shape index (κ3) is 3.78. The van der Waals surface area contributed by atoms with E-state index in [1.165, 1.54) is 6.04 Å². The molecule has 0 rings (SSSR count). The summed E-state index contributed by atoms with van der Waals surface area (Å²) < 4.78 is 0. The molecule has 0 fully saturated rings. The summed E-state index contributed by atoms with van der Waals surface area (Å²) in [7, 11) is -0.0401. The van der Waals surface area contributed by atoms with E-state index < -0.39 is 0 Å². The Bertz CT molecular complexity index is 42.1. The minimum Gasteiger partial charge on any atom is -0.143 e. The van der Waals surface area contributed by atoms with Gasteiger partial charge in [0.2, 0.25) is 0 Å². The highest BCUT2D eigenvalue weighted by Gasteiger charge is 1.64. The molecule has 1 heteroatoms. The van der Waals surface area contributed by atoms with Gasteiger partial charge in [-0.3, -0.25) is 0 Å². The van der Waals surface area contributed by atoms with Gasteiger partial charge < -0.3 is 0 Å². The van der Waals surface area contributed by atoms with Crippen molar-refractivity contribution in [2.24, 2.45) is 0 Å². The first kappa shape index (κ1) is 4.78. The average Bonchev–Trinajstić information content (AvgIpc) is 1.41. The fourth-order valence-electron chi connectivity index (χ4n) is 0.144. The van der Waals surface area contributed by atoms with E-state index in [1.54, 1.807) is 0 Å². The standard InChI is InChI=1S/C4H8Si/c1-3-5-4-2/h1H,4-5H2,2H3. The Hall–Kier alpha value is -0.223. The zero-order valence-corrected chi connectivity index (χ0v) is 4.91. The summed E-state index contributed by atoms with van der Waals surface area (Å²) in [4.78, 5) is 0. The average molecular weight is 84.2 g/mol. The zero-order valence-electron chi connectivity index (χ0n) is 3.49. The van der Waals surface area contributed by atoms with Gasteiger partial charge in [0.05, 0.1) is 0 Å². The van der Waals surface area contributed by atoms with Gasteiger partial charge in [-0.2, -0.15) is 0 Å². The first-order valence-corrected chi connectivity index (χ1v) is 3.56. The number of terminal acetylenes is 1. The molecule has 28 valence electrons. The lowest BCUT2D eigenvalue weighted by molar-refractivity contribution is 1.47. The Morgan fingerprint density at radius 2 is 2.60 bits per heavy atom. The Morgan fingerprint density at radius 1 is 2.00 bits per heavy atom. The van der Waals surface area contributed by atoms with Gasteiger partial charge in [0.25, 0.3) is 0 Å². The van der Waals surface area contributed by atoms with Crippen LogP contribution in [0.4, 0.5) is 0 Å². The summed E-state index contributed by atoms with van der Waals surface area (Å²) in [5, 5.41) is 0. The summed E-state index contributed by atoms with van der Waals surface area (Å²) in [6.07, 6.45) is 4.95. The second kappa shape index (κ2) is 3.78. The Morgan fingerprint density at radius 3 is 2.60 bits per heavy atom. The molecule has 0 unspecified atom stereocenters. The fraction of sp³-hybridized carbons (Fsp3) is 0.500. The third-order valence-corrected chi connectivity index (χ3v) is 1.18. The van der Waals surface area contributed by atoms with Gasteiger partial charge in [0, 0.05) is 0 Å². The SMILES string of the molecule is C#C[SiH2]CC. The predicted octanol–water partition coefficient (Wildman–Crippen LogP) is 0.184. The molecule has 0 aromatic carbocycles. The second-order valence-electron chi connectivity index (χ2n) is 0.954. The van der Waals surface area contributed by atoms with Crippen LogP contribution in [0.1, 0.15) is 6.92 Å². The lowest BCUT2D eigenvalue weighted by atomic mass is 11.0. The lowest BCUT2D eigenvalue weighted by Crippen LogP contribution is -1.73. The van der Waals surface area contributed by atoms with Crippen LogP contribution in [0.25, 0.3) is 0 Å². The predicted molar refractivity (Wildman–Crippen MR) is 27.9 cm³/mol. The van der Waals surface area contributed by atoms with Crippen molar-refractivity contribution in [2.45, 2.75) is 13.0 Å². The molecule has 0 heterocycles. The van der Waals surface area contributed by atoms with E-state index >= 15 is 0 Å². The molecule has 0 N–H and O–H groups in total. The quantitative estimate of drug-likeness (QED) is 0.314. The molecule has 0 saturated heterocycles. The molecule has 0 atom stereocenters. The minimum atomic E-state index is -0.0401. The molecule has 0 bridgehead atoms. The lowest BCUT2D eigenvalue weighted by Gasteiger charge is -1.67. The summed E-state index contributed by atoms with van der Waals surface area (Å²) >= 11 is 0. The maximum absolute atomic E-state index is 4.95. The molecule has 0 spiro atoms. The van der Waals surface area contributed by atoms with Crippen LogP contribution in [-0.4, -0.2) is 9.52 Å². The molecule has 0 radical (unpaired) electrons. The van der Waals surface area contributed by atoms with Crippen molar-refractivity contribution in [1.82, 2.24) is 0 Å². The number of hydrogen-bond acceptors (Lipinski definition) is 0. The van der Waals surface area contributed by atoms with Gasteiger partial charge in [0.1, 0.15) is 9.52 Å². The van der Waals surface area contributed by atoms with Gasteiger partial charge in [-0.15, -0.1) is 12.0 Å². The first-order valence-electron chi connectivity index (χ1n) is 1.85. The first-order chi connectivity index (χ1) is 2.41. The van der Waals surface area contributed by atoms with Gasteiger partial charge in [-0.05, 0) is 0 Å². The normalized spacial score (nSPS) is 8.80. The molecule has 0 aromatic heterocycles. The molecule has 0 aromatic rings. The molecule has 0 aliphatic rings. The molecule has 0 nitrogen and oxygen atoms in total. The molecule has 0 amide bonds. The fourth-order valence-corrected chi connectivity index (χ4v) is 0.433. The van der Waals surface area contributed by atoms with Crippen LogP contribution < -0.4 is 0 Å². The highest BCUT2D eigenvalue weighted by molar-refractivity contribution is 6.45. The maximum atomic E-state index is 4.95. The van der Waals surface area contributed by atoms with Crippen LogP contribution >= 0.6 is 0 Å². The van der Waals surface area contributed by atoms with Crippen molar-refractivity contribution in [3.05, 3.63) is 0 Å². The van der Waals surface area contributed by atoms with E-state index in [0.29, 0.717) is 0 Å². The van der Waals surface area contributed by atoms with Crippen molar-refractivity contribution in [1.29, 1.82) is 0 Å². The van der Waals surface area contributed by atoms with Crippen molar-refractivity contribution in [2.75, 3.05) is 0 Å². The molecule has 0 aliphatic carbocycles. The van der Waals surface area contributed by atoms with Crippen LogP contribution in [-0.2, 0) is 0 Å². The maximum Gasteiger partial charge on any atom is 0.106 e. The van der Waals surface area contributed by atoms with Crippen molar-refractivity contribution >= 4 is 9.52 Å². The van der Waals surface area contributed by atoms with Crippen LogP contribution in [0.2, 0.25) is 6.04 Å². The van der Waals surface area contributed by atoms with Gasteiger partial charge >= 0.3 is 0 Å². The Labute approximate surface area is 35.4 Å². The van der Waals surface area contributed by atoms with E-state index in [2.05, 4.69) is 12.5 Å². The largest absolute Gasteiger partial charge is 0.143 e. The molecular formula is C4H8Si. The molecule has 0 saturated carbocycles. The van der Waals surface area contributed by atoms with Gasteiger partial charge in [-0.25, -0.2) is 0 Å². The smallest absolute Gasteiger partial charge is 0.106 e. The van der Waals surface area contributed by atoms with Crippen molar-refractivity contribution in [3.63, 3.8) is 0 Å². The van der Waals surface area contributed by atoms with Crippen LogP contribution in [0.15, 0.2) is 0 Å². The van der Waals surface area contributed by atoms with E-state index in [4.69, 9.17) is 6.42 Å². The van der Waals surface area contributed by atoms with Crippen molar-refractivity contribution in [3.8, 4) is 12.0 Å². The Kier molecular flexibility index (Phi) is 3.61.